The van der Waals surface area contributed by atoms with Crippen molar-refractivity contribution >= 4 is 21.9 Å². The van der Waals surface area contributed by atoms with Crippen molar-refractivity contribution < 1.29 is 23.1 Å². The van der Waals surface area contributed by atoms with Gasteiger partial charge >= 0.3 is 5.97 Å². The zero-order valence-electron chi connectivity index (χ0n) is 14.5. The number of carboxylic acids is 1. The molecule has 1 N–H and O–H groups in total. The van der Waals surface area contributed by atoms with Crippen LogP contribution in [-0.4, -0.2) is 85.3 Å². The van der Waals surface area contributed by atoms with E-state index in [1.54, 1.807) is 35.2 Å². The van der Waals surface area contributed by atoms with Gasteiger partial charge in [-0.15, -0.1) is 0 Å². The van der Waals surface area contributed by atoms with E-state index < -0.39 is 21.9 Å². The highest BCUT2D eigenvalue weighted by molar-refractivity contribution is 7.89. The van der Waals surface area contributed by atoms with Gasteiger partial charge in [0.25, 0.3) is 0 Å². The Morgan fingerprint density at radius 1 is 1.04 bits per heavy atom. The van der Waals surface area contributed by atoms with Gasteiger partial charge in [-0.1, -0.05) is 18.2 Å². The van der Waals surface area contributed by atoms with Gasteiger partial charge in [0.05, 0.1) is 17.4 Å². The molecule has 8 nitrogen and oxygen atoms in total. The van der Waals surface area contributed by atoms with Gasteiger partial charge in [-0.05, 0) is 25.1 Å². The second-order valence-electron chi connectivity index (χ2n) is 6.66. The molecule has 2 aliphatic heterocycles. The van der Waals surface area contributed by atoms with E-state index in [4.69, 9.17) is 5.11 Å². The lowest BCUT2D eigenvalue weighted by molar-refractivity contribution is -0.141. The van der Waals surface area contributed by atoms with Crippen LogP contribution in [-0.2, 0) is 19.6 Å². The number of benzene rings is 1. The molecule has 2 saturated heterocycles. The van der Waals surface area contributed by atoms with Gasteiger partial charge in [-0.25, -0.2) is 8.42 Å². The third-order valence-electron chi connectivity index (χ3n) is 4.95. The molecule has 9 heteroatoms. The van der Waals surface area contributed by atoms with Crippen LogP contribution in [0.15, 0.2) is 35.2 Å². The predicted octanol–water partition coefficient (Wildman–Crippen LogP) is -0.0740. The van der Waals surface area contributed by atoms with Gasteiger partial charge in [0.1, 0.15) is 0 Å². The van der Waals surface area contributed by atoms with Crippen molar-refractivity contribution in [1.82, 2.24) is 14.1 Å². The Kier molecular flexibility index (Phi) is 5.59. The Bertz CT molecular complexity index is 760. The minimum atomic E-state index is -3.53. The maximum absolute atomic E-state index is 12.6. The fourth-order valence-corrected chi connectivity index (χ4v) is 4.83. The van der Waals surface area contributed by atoms with Crippen LogP contribution in [0.5, 0.6) is 0 Å². The summed E-state index contributed by atoms with van der Waals surface area (Å²) in [5, 5.41) is 9.03. The molecule has 0 radical (unpaired) electrons. The highest BCUT2D eigenvalue weighted by atomic mass is 32.2. The van der Waals surface area contributed by atoms with Crippen molar-refractivity contribution in [2.45, 2.75) is 11.3 Å². The number of likely N-dealkylation sites (tertiary alicyclic amines) is 1. The first-order valence-corrected chi connectivity index (χ1v) is 10.1. The first-order chi connectivity index (χ1) is 12.4. The van der Waals surface area contributed by atoms with Gasteiger partial charge in [0, 0.05) is 32.7 Å². The number of carbonyl (C=O) groups is 2. The van der Waals surface area contributed by atoms with Crippen molar-refractivity contribution in [3.8, 4) is 0 Å². The molecule has 26 heavy (non-hydrogen) atoms. The number of carbonyl (C=O) groups excluding carboxylic acids is 1. The monoisotopic (exact) mass is 381 g/mol. The lowest BCUT2D eigenvalue weighted by atomic mass is 10.1. The molecule has 3 rings (SSSR count). The minimum absolute atomic E-state index is 0.0761. The van der Waals surface area contributed by atoms with Gasteiger partial charge in [0.15, 0.2) is 0 Å². The Balaban J connectivity index is 1.52. The van der Waals surface area contributed by atoms with Crippen LogP contribution in [0.4, 0.5) is 0 Å². The van der Waals surface area contributed by atoms with E-state index in [9.17, 15) is 18.0 Å². The first kappa shape index (κ1) is 18.8. The van der Waals surface area contributed by atoms with Gasteiger partial charge in [-0.3, -0.25) is 14.5 Å². The second-order valence-corrected chi connectivity index (χ2v) is 8.59. The molecule has 1 unspecified atom stereocenters. The number of amides is 1. The van der Waals surface area contributed by atoms with E-state index in [1.165, 1.54) is 4.31 Å². The number of hydrogen-bond acceptors (Lipinski definition) is 5. The van der Waals surface area contributed by atoms with E-state index in [0.717, 1.165) is 0 Å². The first-order valence-electron chi connectivity index (χ1n) is 8.66. The Morgan fingerprint density at radius 3 is 2.27 bits per heavy atom. The normalized spacial score (nSPS) is 22.5. The molecule has 2 aliphatic rings. The zero-order chi connectivity index (χ0) is 18.7. The van der Waals surface area contributed by atoms with E-state index in [0.29, 0.717) is 32.6 Å². The van der Waals surface area contributed by atoms with Gasteiger partial charge < -0.3 is 10.0 Å². The molecule has 1 aromatic carbocycles. The molecule has 142 valence electrons. The van der Waals surface area contributed by atoms with Crippen LogP contribution < -0.4 is 0 Å². The van der Waals surface area contributed by atoms with E-state index in [1.807, 2.05) is 4.90 Å². The molecule has 1 amide bonds. The average Bonchev–Trinajstić information content (AvgIpc) is 3.11. The maximum atomic E-state index is 12.6. The standard InChI is InChI=1S/C17H23N3O5S/c21-16(13-18-7-6-14(12-18)17(22)23)19-8-10-20(11-9-19)26(24,25)15-4-2-1-3-5-15/h1-5,14H,6-13H2,(H,22,23). The number of aliphatic carboxylic acids is 1. The third-order valence-corrected chi connectivity index (χ3v) is 6.87. The van der Waals surface area contributed by atoms with Crippen molar-refractivity contribution in [2.75, 3.05) is 45.8 Å². The minimum Gasteiger partial charge on any atom is -0.481 e. The largest absolute Gasteiger partial charge is 0.481 e. The summed E-state index contributed by atoms with van der Waals surface area (Å²) < 4.78 is 26.6. The topological polar surface area (TPSA) is 98.2 Å². The van der Waals surface area contributed by atoms with E-state index >= 15 is 0 Å². The summed E-state index contributed by atoms with van der Waals surface area (Å²) in [4.78, 5) is 27.2. The van der Waals surface area contributed by atoms with Crippen LogP contribution in [0.3, 0.4) is 0 Å². The predicted molar refractivity (Wildman–Crippen MR) is 94.0 cm³/mol. The fraction of sp³-hybridized carbons (Fsp3) is 0.529. The molecular weight excluding hydrogens is 358 g/mol. The Morgan fingerprint density at radius 2 is 1.69 bits per heavy atom. The van der Waals surface area contributed by atoms with E-state index in [2.05, 4.69) is 0 Å². The van der Waals surface area contributed by atoms with Crippen molar-refractivity contribution in [1.29, 1.82) is 0 Å². The molecule has 1 atom stereocenters. The molecular formula is C17H23N3O5S. The Hall–Kier alpha value is -1.97. The molecule has 2 fully saturated rings. The number of carboxylic acid groups (broad SMARTS) is 1. The maximum Gasteiger partial charge on any atom is 0.307 e. The summed E-state index contributed by atoms with van der Waals surface area (Å²) in [6, 6.07) is 8.28. The lowest BCUT2D eigenvalue weighted by Crippen LogP contribution is -2.52. The molecule has 0 saturated carbocycles. The van der Waals surface area contributed by atoms with Crippen LogP contribution in [0.1, 0.15) is 6.42 Å². The summed E-state index contributed by atoms with van der Waals surface area (Å²) in [7, 11) is -3.53. The summed E-state index contributed by atoms with van der Waals surface area (Å²) in [5.74, 6) is -1.30. The highest BCUT2D eigenvalue weighted by Crippen LogP contribution is 2.19. The fourth-order valence-electron chi connectivity index (χ4n) is 3.39. The lowest BCUT2D eigenvalue weighted by Gasteiger charge is -2.34. The van der Waals surface area contributed by atoms with Crippen LogP contribution >= 0.6 is 0 Å². The number of hydrogen-bond donors (Lipinski definition) is 1. The Labute approximate surface area is 153 Å². The number of nitrogens with zero attached hydrogens (tertiary/aromatic N) is 3. The number of rotatable bonds is 5. The second kappa shape index (κ2) is 7.73. The summed E-state index contributed by atoms with van der Waals surface area (Å²) in [5.41, 5.74) is 0. The third kappa shape index (κ3) is 4.05. The molecule has 0 aromatic heterocycles. The summed E-state index contributed by atoms with van der Waals surface area (Å²) in [6.07, 6.45) is 0.561. The summed E-state index contributed by atoms with van der Waals surface area (Å²) >= 11 is 0. The molecule has 0 aliphatic carbocycles. The van der Waals surface area contributed by atoms with E-state index in [-0.39, 0.29) is 30.4 Å². The average molecular weight is 381 g/mol. The van der Waals surface area contributed by atoms with Crippen LogP contribution in [0, 0.1) is 5.92 Å². The van der Waals surface area contributed by atoms with Crippen LogP contribution in [0.25, 0.3) is 0 Å². The smallest absolute Gasteiger partial charge is 0.307 e. The van der Waals surface area contributed by atoms with Crippen molar-refractivity contribution in [3.05, 3.63) is 30.3 Å². The molecule has 1 aromatic rings. The quantitative estimate of drug-likeness (QED) is 0.766. The zero-order valence-corrected chi connectivity index (χ0v) is 15.3. The number of piperazine rings is 1. The van der Waals surface area contributed by atoms with Gasteiger partial charge in [0.2, 0.25) is 15.9 Å². The van der Waals surface area contributed by atoms with Crippen molar-refractivity contribution in [2.24, 2.45) is 5.92 Å². The van der Waals surface area contributed by atoms with Gasteiger partial charge in [-0.2, -0.15) is 4.31 Å². The van der Waals surface area contributed by atoms with Crippen molar-refractivity contribution in [3.63, 3.8) is 0 Å². The SMILES string of the molecule is O=C(O)C1CCN(CC(=O)N2CCN(S(=O)(=O)c3ccccc3)CC2)C1. The highest BCUT2D eigenvalue weighted by Gasteiger charge is 2.33. The molecule has 2 heterocycles. The number of sulfonamides is 1. The van der Waals surface area contributed by atoms with Crippen LogP contribution in [0.2, 0.25) is 0 Å². The molecule has 0 bridgehead atoms. The molecule has 0 spiro atoms. The summed E-state index contributed by atoms with van der Waals surface area (Å²) in [6.45, 7) is 2.41.